The number of nitrogens with one attached hydrogen (secondary N) is 1. The predicted molar refractivity (Wildman–Crippen MR) is 124 cm³/mol. The number of aromatic nitrogens is 3. The molecule has 0 radical (unpaired) electrons. The lowest BCUT2D eigenvalue weighted by Gasteiger charge is -2.36. The van der Waals surface area contributed by atoms with E-state index in [0.29, 0.717) is 18.3 Å². The fraction of sp³-hybridized carbons (Fsp3) is 0.348. The number of nitrogens with two attached hydrogens (primary N) is 1. The number of methoxy groups -OCH3 is 1. The maximum atomic E-state index is 5.98. The second-order valence-corrected chi connectivity index (χ2v) is 7.50. The van der Waals surface area contributed by atoms with E-state index in [4.69, 9.17) is 10.5 Å². The van der Waals surface area contributed by atoms with Crippen molar-refractivity contribution < 1.29 is 4.74 Å². The van der Waals surface area contributed by atoms with E-state index in [1.807, 2.05) is 36.4 Å². The van der Waals surface area contributed by atoms with Gasteiger partial charge in [-0.05, 0) is 30.2 Å². The molecular formula is C23H29N7O. The summed E-state index contributed by atoms with van der Waals surface area (Å²) in [6, 6.07) is 16.3. The van der Waals surface area contributed by atoms with Crippen LogP contribution in [0.25, 0.3) is 0 Å². The van der Waals surface area contributed by atoms with Gasteiger partial charge in [0.05, 0.1) is 19.3 Å². The van der Waals surface area contributed by atoms with Gasteiger partial charge in [-0.1, -0.05) is 37.3 Å². The fourth-order valence-corrected chi connectivity index (χ4v) is 3.87. The number of para-hydroxylation sites is 3. The molecule has 0 unspecified atom stereocenters. The third-order valence-corrected chi connectivity index (χ3v) is 5.51. The van der Waals surface area contributed by atoms with Crippen molar-refractivity contribution >= 4 is 23.3 Å². The maximum Gasteiger partial charge on any atom is 0.232 e. The quantitative estimate of drug-likeness (QED) is 0.604. The summed E-state index contributed by atoms with van der Waals surface area (Å²) in [6.45, 7) is 6.40. The number of hydrogen-bond acceptors (Lipinski definition) is 8. The van der Waals surface area contributed by atoms with Gasteiger partial charge >= 0.3 is 0 Å². The maximum absolute atomic E-state index is 5.98. The number of piperazine rings is 1. The van der Waals surface area contributed by atoms with Crippen LogP contribution in [0.5, 0.6) is 5.75 Å². The van der Waals surface area contributed by atoms with Crippen LogP contribution >= 0.6 is 0 Å². The summed E-state index contributed by atoms with van der Waals surface area (Å²) in [6.07, 6.45) is 0.924. The Balaban J connectivity index is 1.41. The summed E-state index contributed by atoms with van der Waals surface area (Å²) in [5.41, 5.74) is 9.31. The smallest absolute Gasteiger partial charge is 0.232 e. The zero-order chi connectivity index (χ0) is 21.6. The van der Waals surface area contributed by atoms with Gasteiger partial charge in [0, 0.05) is 31.9 Å². The van der Waals surface area contributed by atoms with Gasteiger partial charge in [0.2, 0.25) is 11.9 Å². The van der Waals surface area contributed by atoms with Crippen molar-refractivity contribution in [1.29, 1.82) is 0 Å². The number of hydrogen-bond donors (Lipinski definition) is 2. The molecule has 1 aromatic heterocycles. The average molecular weight is 420 g/mol. The Morgan fingerprint density at radius 1 is 0.968 bits per heavy atom. The van der Waals surface area contributed by atoms with Crippen LogP contribution in [0.2, 0.25) is 0 Å². The van der Waals surface area contributed by atoms with E-state index < -0.39 is 0 Å². The lowest BCUT2D eigenvalue weighted by molar-refractivity contribution is 0.243. The molecule has 0 spiro atoms. The first kappa shape index (κ1) is 20.9. The Labute approximate surface area is 183 Å². The summed E-state index contributed by atoms with van der Waals surface area (Å²) < 4.78 is 5.51. The van der Waals surface area contributed by atoms with E-state index in [2.05, 4.69) is 49.1 Å². The highest BCUT2D eigenvalue weighted by Gasteiger charge is 2.20. The van der Waals surface area contributed by atoms with E-state index in [0.717, 1.165) is 49.7 Å². The van der Waals surface area contributed by atoms with Gasteiger partial charge in [0.25, 0.3) is 0 Å². The molecule has 1 aliphatic rings. The second kappa shape index (κ2) is 9.61. The highest BCUT2D eigenvalue weighted by Crippen LogP contribution is 2.28. The monoisotopic (exact) mass is 419 g/mol. The zero-order valence-electron chi connectivity index (χ0n) is 18.1. The molecule has 0 saturated carbocycles. The SMILES string of the molecule is CCc1ccccc1Nc1nc(N)nc(CN2CCN(c3ccccc3OC)CC2)n1. The number of ether oxygens (including phenoxy) is 1. The van der Waals surface area contributed by atoms with Crippen molar-refractivity contribution in [3.63, 3.8) is 0 Å². The van der Waals surface area contributed by atoms with Gasteiger partial charge < -0.3 is 20.7 Å². The summed E-state index contributed by atoms with van der Waals surface area (Å²) in [7, 11) is 1.71. The second-order valence-electron chi connectivity index (χ2n) is 7.50. The summed E-state index contributed by atoms with van der Waals surface area (Å²) >= 11 is 0. The molecule has 3 aromatic rings. The molecule has 1 saturated heterocycles. The number of aryl methyl sites for hydroxylation is 1. The van der Waals surface area contributed by atoms with Crippen LogP contribution in [-0.2, 0) is 13.0 Å². The van der Waals surface area contributed by atoms with Gasteiger partial charge in [-0.25, -0.2) is 0 Å². The summed E-state index contributed by atoms with van der Waals surface area (Å²) in [5, 5.41) is 3.30. The van der Waals surface area contributed by atoms with Crippen molar-refractivity contribution in [3.05, 3.63) is 59.9 Å². The van der Waals surface area contributed by atoms with Crippen molar-refractivity contribution in [2.24, 2.45) is 0 Å². The van der Waals surface area contributed by atoms with Crippen LogP contribution in [0.3, 0.4) is 0 Å². The van der Waals surface area contributed by atoms with E-state index in [1.165, 1.54) is 5.56 Å². The van der Waals surface area contributed by atoms with Gasteiger partial charge in [-0.2, -0.15) is 15.0 Å². The normalized spacial score (nSPS) is 14.5. The van der Waals surface area contributed by atoms with Crippen LogP contribution in [0.4, 0.5) is 23.3 Å². The van der Waals surface area contributed by atoms with Crippen LogP contribution in [0, 0.1) is 0 Å². The molecule has 2 aromatic carbocycles. The van der Waals surface area contributed by atoms with Crippen molar-refractivity contribution in [2.75, 3.05) is 49.2 Å². The number of anilines is 4. The van der Waals surface area contributed by atoms with Crippen LogP contribution in [0.1, 0.15) is 18.3 Å². The minimum Gasteiger partial charge on any atom is -0.495 e. The van der Waals surface area contributed by atoms with Crippen LogP contribution in [-0.4, -0.2) is 53.1 Å². The highest BCUT2D eigenvalue weighted by atomic mass is 16.5. The molecule has 1 fully saturated rings. The Kier molecular flexibility index (Phi) is 6.47. The molecule has 3 N–H and O–H groups in total. The highest BCUT2D eigenvalue weighted by molar-refractivity contribution is 5.59. The predicted octanol–water partition coefficient (Wildman–Crippen LogP) is 3.09. The molecule has 8 heteroatoms. The molecule has 4 rings (SSSR count). The molecular weight excluding hydrogens is 390 g/mol. The Morgan fingerprint density at radius 3 is 2.48 bits per heavy atom. The van der Waals surface area contributed by atoms with E-state index in [1.54, 1.807) is 7.11 Å². The Morgan fingerprint density at radius 2 is 1.71 bits per heavy atom. The topological polar surface area (TPSA) is 92.4 Å². The van der Waals surface area contributed by atoms with Crippen LogP contribution < -0.4 is 20.7 Å². The first-order valence-electron chi connectivity index (χ1n) is 10.6. The van der Waals surface area contributed by atoms with Crippen molar-refractivity contribution in [3.8, 4) is 5.75 Å². The largest absolute Gasteiger partial charge is 0.495 e. The standard InChI is InChI=1S/C23H29N7O/c1-3-17-8-4-5-9-18(17)25-23-27-21(26-22(24)28-23)16-29-12-14-30(15-13-29)19-10-6-7-11-20(19)31-2/h4-11H,3,12-16H2,1-2H3,(H3,24,25,26,27,28). The number of nitrogens with zero attached hydrogens (tertiary/aromatic N) is 5. The average Bonchev–Trinajstić information content (AvgIpc) is 2.79. The molecule has 162 valence electrons. The van der Waals surface area contributed by atoms with Crippen LogP contribution in [0.15, 0.2) is 48.5 Å². The van der Waals surface area contributed by atoms with E-state index >= 15 is 0 Å². The summed E-state index contributed by atoms with van der Waals surface area (Å²) in [5.74, 6) is 2.30. The first-order chi connectivity index (χ1) is 15.2. The molecule has 1 aliphatic heterocycles. The number of nitrogen functional groups attached to an aromatic ring is 1. The molecule has 31 heavy (non-hydrogen) atoms. The van der Waals surface area contributed by atoms with E-state index in [9.17, 15) is 0 Å². The molecule has 0 amide bonds. The van der Waals surface area contributed by atoms with Crippen molar-refractivity contribution in [2.45, 2.75) is 19.9 Å². The fourth-order valence-electron chi connectivity index (χ4n) is 3.87. The van der Waals surface area contributed by atoms with Crippen molar-refractivity contribution in [1.82, 2.24) is 19.9 Å². The molecule has 0 atom stereocenters. The lowest BCUT2D eigenvalue weighted by Crippen LogP contribution is -2.46. The molecule has 2 heterocycles. The van der Waals surface area contributed by atoms with Gasteiger partial charge in [0.1, 0.15) is 11.6 Å². The Bertz CT molecular complexity index is 1020. The summed E-state index contributed by atoms with van der Waals surface area (Å²) in [4.78, 5) is 17.9. The number of benzene rings is 2. The minimum absolute atomic E-state index is 0.231. The third kappa shape index (κ3) is 5.03. The number of rotatable bonds is 7. The molecule has 8 nitrogen and oxygen atoms in total. The first-order valence-corrected chi connectivity index (χ1v) is 10.6. The minimum atomic E-state index is 0.231. The van der Waals surface area contributed by atoms with Gasteiger partial charge in [0.15, 0.2) is 0 Å². The van der Waals surface area contributed by atoms with E-state index in [-0.39, 0.29) is 5.95 Å². The Hall–Kier alpha value is -3.39. The molecule has 0 aliphatic carbocycles. The lowest BCUT2D eigenvalue weighted by atomic mass is 10.1. The van der Waals surface area contributed by atoms with Gasteiger partial charge in [-0.3, -0.25) is 4.90 Å². The molecule has 0 bridgehead atoms. The van der Waals surface area contributed by atoms with Gasteiger partial charge in [-0.15, -0.1) is 0 Å². The third-order valence-electron chi connectivity index (χ3n) is 5.51. The zero-order valence-corrected chi connectivity index (χ0v) is 18.1.